The molecule has 1 N–H and O–H groups in total. The first kappa shape index (κ1) is 19.2. The molecule has 156 valence electrons. The molecule has 1 amide bonds. The molecule has 0 aliphatic carbocycles. The summed E-state index contributed by atoms with van der Waals surface area (Å²) in [7, 11) is 1.61. The smallest absolute Gasteiger partial charge is 0.262 e. The predicted molar refractivity (Wildman–Crippen MR) is 116 cm³/mol. The maximum absolute atomic E-state index is 14.6. The summed E-state index contributed by atoms with van der Waals surface area (Å²) >= 11 is 0. The van der Waals surface area contributed by atoms with Crippen molar-refractivity contribution in [3.63, 3.8) is 0 Å². The van der Waals surface area contributed by atoms with Crippen LogP contribution in [0.4, 0.5) is 10.1 Å². The molecule has 0 spiro atoms. The molecule has 2 aliphatic rings. The number of hydrogen-bond acceptors (Lipinski definition) is 4. The van der Waals surface area contributed by atoms with Gasteiger partial charge in [-0.3, -0.25) is 4.79 Å². The third-order valence-corrected chi connectivity index (χ3v) is 5.46. The Bertz CT molecular complexity index is 1250. The molecule has 3 aromatic rings. The second-order valence-electron chi connectivity index (χ2n) is 7.54. The molecule has 0 unspecified atom stereocenters. The van der Waals surface area contributed by atoms with Gasteiger partial charge in [0, 0.05) is 11.1 Å². The number of aryl methyl sites for hydroxylation is 1. The van der Waals surface area contributed by atoms with Crippen molar-refractivity contribution in [3.05, 3.63) is 82.2 Å². The van der Waals surface area contributed by atoms with Gasteiger partial charge in [0.15, 0.2) is 18.2 Å². The number of halogens is 1. The summed E-state index contributed by atoms with van der Waals surface area (Å²) in [5.41, 5.74) is 5.71. The van der Waals surface area contributed by atoms with Gasteiger partial charge in [-0.1, -0.05) is 18.2 Å². The largest absolute Gasteiger partial charge is 0.497 e. The first-order chi connectivity index (χ1) is 15.0. The van der Waals surface area contributed by atoms with Crippen LogP contribution in [0, 0.1) is 12.7 Å². The van der Waals surface area contributed by atoms with Gasteiger partial charge in [0.25, 0.3) is 5.91 Å². The molecule has 2 aliphatic heterocycles. The van der Waals surface area contributed by atoms with E-state index in [1.807, 2.05) is 49.4 Å². The Morgan fingerprint density at radius 2 is 1.87 bits per heavy atom. The second kappa shape index (κ2) is 7.47. The number of anilines is 1. The van der Waals surface area contributed by atoms with Crippen LogP contribution in [0.1, 0.15) is 27.8 Å². The van der Waals surface area contributed by atoms with E-state index in [1.165, 1.54) is 6.07 Å². The molecule has 0 fully saturated rings. The van der Waals surface area contributed by atoms with Crippen LogP contribution in [0.3, 0.4) is 0 Å². The standard InChI is InChI=1S/C25H20FNO4/c1-14-8-15(10-22-24(14)31-13-23(28)27-22)9-20-18-7-6-17(29-2)11-16(18)12-30-25-19(20)4-3-5-21(25)26/h3-11H,12-13H2,1-2H3,(H,27,28). The van der Waals surface area contributed by atoms with Crippen LogP contribution < -0.4 is 19.5 Å². The zero-order chi connectivity index (χ0) is 21.5. The van der Waals surface area contributed by atoms with Gasteiger partial charge in [0.05, 0.1) is 12.8 Å². The van der Waals surface area contributed by atoms with Gasteiger partial charge < -0.3 is 19.5 Å². The van der Waals surface area contributed by atoms with Gasteiger partial charge in [-0.25, -0.2) is 4.39 Å². The Balaban J connectivity index is 1.72. The Kier molecular flexibility index (Phi) is 4.62. The summed E-state index contributed by atoms with van der Waals surface area (Å²) in [6.07, 6.45) is 1.98. The first-order valence-corrected chi connectivity index (χ1v) is 9.91. The van der Waals surface area contributed by atoms with E-state index in [2.05, 4.69) is 5.32 Å². The van der Waals surface area contributed by atoms with Crippen molar-refractivity contribution >= 4 is 23.2 Å². The minimum absolute atomic E-state index is 0.00742. The maximum Gasteiger partial charge on any atom is 0.262 e. The molecule has 0 aromatic heterocycles. The number of para-hydroxylation sites is 1. The third-order valence-electron chi connectivity index (χ3n) is 5.46. The number of rotatable bonds is 2. The van der Waals surface area contributed by atoms with E-state index < -0.39 is 5.82 Å². The lowest BCUT2D eigenvalue weighted by Crippen LogP contribution is -2.25. The van der Waals surface area contributed by atoms with E-state index in [-0.39, 0.29) is 24.9 Å². The zero-order valence-corrected chi connectivity index (χ0v) is 17.1. The summed E-state index contributed by atoms with van der Waals surface area (Å²) in [5, 5.41) is 2.86. The van der Waals surface area contributed by atoms with Crippen LogP contribution in [0.15, 0.2) is 48.5 Å². The number of nitrogens with one attached hydrogen (secondary N) is 1. The van der Waals surface area contributed by atoms with E-state index in [0.717, 1.165) is 27.8 Å². The van der Waals surface area contributed by atoms with Crippen molar-refractivity contribution in [2.45, 2.75) is 13.5 Å². The average Bonchev–Trinajstić information content (AvgIpc) is 2.91. The molecule has 6 heteroatoms. The van der Waals surface area contributed by atoms with Gasteiger partial charge in [0.1, 0.15) is 18.1 Å². The number of methoxy groups -OCH3 is 1. The molecule has 0 bridgehead atoms. The number of hydrogen-bond donors (Lipinski definition) is 1. The van der Waals surface area contributed by atoms with Crippen molar-refractivity contribution < 1.29 is 23.4 Å². The summed E-state index contributed by atoms with van der Waals surface area (Å²) in [5.74, 6) is 0.991. The topological polar surface area (TPSA) is 56.8 Å². The fraction of sp³-hybridized carbons (Fsp3) is 0.160. The number of benzene rings is 3. The van der Waals surface area contributed by atoms with Crippen molar-refractivity contribution in [1.82, 2.24) is 0 Å². The van der Waals surface area contributed by atoms with Gasteiger partial charge in [-0.05, 0) is 65.6 Å². The Morgan fingerprint density at radius 3 is 2.71 bits per heavy atom. The molecule has 3 aromatic carbocycles. The Hall–Kier alpha value is -3.80. The Morgan fingerprint density at radius 1 is 1.03 bits per heavy atom. The zero-order valence-electron chi connectivity index (χ0n) is 17.1. The maximum atomic E-state index is 14.6. The molecule has 0 radical (unpaired) electrons. The highest BCUT2D eigenvalue weighted by atomic mass is 19.1. The Labute approximate surface area is 179 Å². The van der Waals surface area contributed by atoms with Gasteiger partial charge >= 0.3 is 0 Å². The molecular formula is C25H20FNO4. The van der Waals surface area contributed by atoms with E-state index in [1.54, 1.807) is 13.2 Å². The van der Waals surface area contributed by atoms with Gasteiger partial charge in [-0.15, -0.1) is 0 Å². The normalized spacial score (nSPS) is 15.6. The molecule has 31 heavy (non-hydrogen) atoms. The molecular weight excluding hydrogens is 397 g/mol. The lowest BCUT2D eigenvalue weighted by molar-refractivity contribution is -0.118. The number of carbonyl (C=O) groups excluding carboxylic acids is 1. The van der Waals surface area contributed by atoms with E-state index in [4.69, 9.17) is 14.2 Å². The summed E-state index contributed by atoms with van der Waals surface area (Å²) in [4.78, 5) is 11.8. The van der Waals surface area contributed by atoms with E-state index in [9.17, 15) is 9.18 Å². The number of amides is 1. The highest BCUT2D eigenvalue weighted by molar-refractivity contribution is 5.98. The minimum atomic E-state index is -0.412. The third kappa shape index (κ3) is 3.40. The summed E-state index contributed by atoms with van der Waals surface area (Å²) in [6, 6.07) is 14.5. The van der Waals surface area contributed by atoms with Crippen molar-refractivity contribution in [1.29, 1.82) is 0 Å². The summed E-state index contributed by atoms with van der Waals surface area (Å²) < 4.78 is 31.4. The molecule has 5 nitrogen and oxygen atoms in total. The predicted octanol–water partition coefficient (Wildman–Crippen LogP) is 4.95. The fourth-order valence-electron chi connectivity index (χ4n) is 4.06. The fourth-order valence-corrected chi connectivity index (χ4v) is 4.06. The van der Waals surface area contributed by atoms with Crippen LogP contribution >= 0.6 is 0 Å². The molecule has 0 atom stereocenters. The number of fused-ring (bicyclic) bond motifs is 3. The lowest BCUT2D eigenvalue weighted by Gasteiger charge is -2.20. The van der Waals surface area contributed by atoms with Crippen LogP contribution in [-0.2, 0) is 11.4 Å². The molecule has 0 saturated carbocycles. The monoisotopic (exact) mass is 417 g/mol. The van der Waals surface area contributed by atoms with Gasteiger partial charge in [0.2, 0.25) is 0 Å². The molecule has 2 heterocycles. The van der Waals surface area contributed by atoms with Crippen LogP contribution in [0.2, 0.25) is 0 Å². The highest BCUT2D eigenvalue weighted by Crippen LogP contribution is 2.41. The second-order valence-corrected chi connectivity index (χ2v) is 7.54. The van der Waals surface area contributed by atoms with E-state index in [0.29, 0.717) is 22.7 Å². The van der Waals surface area contributed by atoms with Crippen molar-refractivity contribution in [3.8, 4) is 17.2 Å². The average molecular weight is 417 g/mol. The SMILES string of the molecule is COc1ccc2c(c1)COc1c(F)cccc1C2=Cc1cc(C)c2c(c1)NC(=O)CO2. The van der Waals surface area contributed by atoms with Crippen LogP contribution in [-0.4, -0.2) is 19.6 Å². The minimum Gasteiger partial charge on any atom is -0.497 e. The number of ether oxygens (including phenoxy) is 3. The first-order valence-electron chi connectivity index (χ1n) is 9.91. The summed E-state index contributed by atoms with van der Waals surface area (Å²) in [6.45, 7) is 2.17. The van der Waals surface area contributed by atoms with Crippen molar-refractivity contribution in [2.24, 2.45) is 0 Å². The number of carbonyl (C=O) groups is 1. The van der Waals surface area contributed by atoms with Crippen LogP contribution in [0.5, 0.6) is 17.2 Å². The lowest BCUT2D eigenvalue weighted by atomic mass is 9.92. The highest BCUT2D eigenvalue weighted by Gasteiger charge is 2.23. The quantitative estimate of drug-likeness (QED) is 0.641. The molecule has 5 rings (SSSR count). The van der Waals surface area contributed by atoms with Gasteiger partial charge in [-0.2, -0.15) is 0 Å². The van der Waals surface area contributed by atoms with E-state index >= 15 is 0 Å². The van der Waals surface area contributed by atoms with Crippen molar-refractivity contribution in [2.75, 3.05) is 19.0 Å². The van der Waals surface area contributed by atoms with Crippen LogP contribution in [0.25, 0.3) is 11.6 Å². The molecule has 0 saturated heterocycles.